The summed E-state index contributed by atoms with van der Waals surface area (Å²) in [4.78, 5) is 6.10. The fraction of sp³-hybridized carbons (Fsp3) is 0.562. The molecule has 0 saturated heterocycles. The second-order valence-electron chi connectivity index (χ2n) is 6.45. The molecule has 2 heteroatoms. The summed E-state index contributed by atoms with van der Waals surface area (Å²) in [5.41, 5.74) is 5.60. The average molecular weight is 261 g/mol. The predicted molar refractivity (Wildman–Crippen MR) is 81.9 cm³/mol. The molecule has 1 nitrogen and oxygen atoms in total. The molecule has 0 atom stereocenters. The van der Waals surface area contributed by atoms with E-state index in [0.29, 0.717) is 5.92 Å². The number of hydrogen-bond acceptors (Lipinski definition) is 2. The van der Waals surface area contributed by atoms with Crippen LogP contribution in [-0.2, 0) is 5.41 Å². The molecule has 18 heavy (non-hydrogen) atoms. The van der Waals surface area contributed by atoms with Gasteiger partial charge in [0.1, 0.15) is 0 Å². The Labute approximate surface area is 114 Å². The van der Waals surface area contributed by atoms with Gasteiger partial charge in [-0.1, -0.05) is 34.6 Å². The topological polar surface area (TPSA) is 12.9 Å². The summed E-state index contributed by atoms with van der Waals surface area (Å²) in [7, 11) is 0. The van der Waals surface area contributed by atoms with Crippen LogP contribution in [0.2, 0.25) is 0 Å². The SMILES string of the molecule is Cc1sc2c(C(C)(C)C)c(C(C)C)cnc2c1C. The lowest BCUT2D eigenvalue weighted by molar-refractivity contribution is 0.583. The summed E-state index contributed by atoms with van der Waals surface area (Å²) >= 11 is 1.90. The number of fused-ring (bicyclic) bond motifs is 1. The quantitative estimate of drug-likeness (QED) is 0.675. The van der Waals surface area contributed by atoms with Gasteiger partial charge in [0.25, 0.3) is 0 Å². The smallest absolute Gasteiger partial charge is 0.0844 e. The van der Waals surface area contributed by atoms with E-state index in [-0.39, 0.29) is 5.41 Å². The Kier molecular flexibility index (Phi) is 3.26. The van der Waals surface area contributed by atoms with Gasteiger partial charge in [0.2, 0.25) is 0 Å². The highest BCUT2D eigenvalue weighted by Gasteiger charge is 2.25. The maximum absolute atomic E-state index is 4.71. The summed E-state index contributed by atoms with van der Waals surface area (Å²) < 4.78 is 1.39. The van der Waals surface area contributed by atoms with Gasteiger partial charge >= 0.3 is 0 Å². The average Bonchev–Trinajstić information content (AvgIpc) is 2.52. The van der Waals surface area contributed by atoms with Gasteiger partial charge in [0.15, 0.2) is 0 Å². The van der Waals surface area contributed by atoms with E-state index in [1.807, 2.05) is 11.3 Å². The van der Waals surface area contributed by atoms with Crippen molar-refractivity contribution in [3.63, 3.8) is 0 Å². The summed E-state index contributed by atoms with van der Waals surface area (Å²) in [5, 5.41) is 0. The molecule has 2 heterocycles. The summed E-state index contributed by atoms with van der Waals surface area (Å²) in [5.74, 6) is 0.527. The number of rotatable bonds is 1. The first-order valence-corrected chi connectivity index (χ1v) is 7.44. The Balaban J connectivity index is 2.90. The lowest BCUT2D eigenvalue weighted by Crippen LogP contribution is -2.15. The van der Waals surface area contributed by atoms with Gasteiger partial charge in [0, 0.05) is 11.1 Å². The van der Waals surface area contributed by atoms with Crippen LogP contribution in [0.25, 0.3) is 10.2 Å². The number of hydrogen-bond donors (Lipinski definition) is 0. The van der Waals surface area contributed by atoms with Crippen molar-refractivity contribution in [3.8, 4) is 0 Å². The lowest BCUT2D eigenvalue weighted by atomic mass is 9.81. The first-order chi connectivity index (χ1) is 8.23. The normalized spacial score (nSPS) is 12.7. The second-order valence-corrected chi connectivity index (χ2v) is 7.68. The van der Waals surface area contributed by atoms with Crippen LogP contribution < -0.4 is 0 Å². The molecule has 0 radical (unpaired) electrons. The largest absolute Gasteiger partial charge is 0.255 e. The predicted octanol–water partition coefficient (Wildman–Crippen LogP) is 5.33. The Bertz CT molecular complexity index is 585. The first kappa shape index (κ1) is 13.5. The number of pyridine rings is 1. The monoisotopic (exact) mass is 261 g/mol. The number of thiophene rings is 1. The molecule has 2 aromatic heterocycles. The molecule has 0 N–H and O–H groups in total. The molecule has 0 aliphatic rings. The number of nitrogens with zero attached hydrogens (tertiary/aromatic N) is 1. The number of aryl methyl sites for hydroxylation is 2. The number of aromatic nitrogens is 1. The van der Waals surface area contributed by atoms with Crippen molar-refractivity contribution in [1.82, 2.24) is 4.98 Å². The van der Waals surface area contributed by atoms with Crippen LogP contribution in [0.3, 0.4) is 0 Å². The molecule has 2 aromatic rings. The van der Waals surface area contributed by atoms with Crippen molar-refractivity contribution < 1.29 is 0 Å². The molecular weight excluding hydrogens is 238 g/mol. The van der Waals surface area contributed by atoms with Gasteiger partial charge in [0.05, 0.1) is 10.2 Å². The molecule has 0 amide bonds. The summed E-state index contributed by atoms with van der Waals surface area (Å²) in [6.07, 6.45) is 2.09. The molecule has 0 aliphatic heterocycles. The second kappa shape index (κ2) is 4.34. The van der Waals surface area contributed by atoms with Crippen LogP contribution >= 0.6 is 11.3 Å². The van der Waals surface area contributed by atoms with Crippen molar-refractivity contribution >= 4 is 21.6 Å². The molecule has 2 rings (SSSR count). The van der Waals surface area contributed by atoms with Gasteiger partial charge in [-0.25, -0.2) is 0 Å². The van der Waals surface area contributed by atoms with Crippen molar-refractivity contribution in [1.29, 1.82) is 0 Å². The maximum atomic E-state index is 4.71. The molecule has 0 fully saturated rings. The molecule has 0 bridgehead atoms. The lowest BCUT2D eigenvalue weighted by Gasteiger charge is -2.25. The van der Waals surface area contributed by atoms with Crippen molar-refractivity contribution in [2.45, 2.75) is 59.8 Å². The summed E-state index contributed by atoms with van der Waals surface area (Å²) in [6, 6.07) is 0. The highest BCUT2D eigenvalue weighted by molar-refractivity contribution is 7.19. The molecule has 0 aromatic carbocycles. The highest BCUT2D eigenvalue weighted by Crippen LogP contribution is 2.40. The van der Waals surface area contributed by atoms with Crippen LogP contribution in [0.15, 0.2) is 6.20 Å². The maximum Gasteiger partial charge on any atom is 0.0844 e. The van der Waals surface area contributed by atoms with E-state index < -0.39 is 0 Å². The highest BCUT2D eigenvalue weighted by atomic mass is 32.1. The standard InChI is InChI=1S/C16H23NS/c1-9(2)12-8-17-14-10(3)11(4)18-15(14)13(12)16(5,6)7/h8-9H,1-7H3. The van der Waals surface area contributed by atoms with Crippen LogP contribution in [-0.4, -0.2) is 4.98 Å². The van der Waals surface area contributed by atoms with E-state index in [2.05, 4.69) is 54.7 Å². The van der Waals surface area contributed by atoms with Crippen LogP contribution in [0.5, 0.6) is 0 Å². The summed E-state index contributed by atoms with van der Waals surface area (Å²) in [6.45, 7) is 15.8. The molecule has 0 saturated carbocycles. The zero-order valence-electron chi connectivity index (χ0n) is 12.5. The van der Waals surface area contributed by atoms with E-state index >= 15 is 0 Å². The zero-order valence-corrected chi connectivity index (χ0v) is 13.3. The molecule has 0 aliphatic carbocycles. The third-order valence-electron chi connectivity index (χ3n) is 3.57. The molecule has 0 spiro atoms. The van der Waals surface area contributed by atoms with Crippen LogP contribution in [0.4, 0.5) is 0 Å². The van der Waals surface area contributed by atoms with Crippen LogP contribution in [0.1, 0.15) is 62.1 Å². The minimum Gasteiger partial charge on any atom is -0.255 e. The van der Waals surface area contributed by atoms with Crippen molar-refractivity contribution in [2.24, 2.45) is 0 Å². The zero-order chi connectivity index (χ0) is 13.7. The van der Waals surface area contributed by atoms with Gasteiger partial charge in [-0.15, -0.1) is 11.3 Å². The molecular formula is C16H23NS. The van der Waals surface area contributed by atoms with Gasteiger partial charge < -0.3 is 0 Å². The Morgan fingerprint density at radius 2 is 1.78 bits per heavy atom. The fourth-order valence-electron chi connectivity index (χ4n) is 2.48. The van der Waals surface area contributed by atoms with Gasteiger partial charge in [-0.05, 0) is 41.9 Å². The van der Waals surface area contributed by atoms with E-state index in [0.717, 1.165) is 0 Å². The Morgan fingerprint density at radius 3 is 2.28 bits per heavy atom. The van der Waals surface area contributed by atoms with Crippen LogP contribution in [0, 0.1) is 13.8 Å². The first-order valence-electron chi connectivity index (χ1n) is 6.62. The van der Waals surface area contributed by atoms with Crippen molar-refractivity contribution in [2.75, 3.05) is 0 Å². The molecule has 98 valence electrons. The molecule has 0 unspecified atom stereocenters. The third-order valence-corrected chi connectivity index (χ3v) is 4.79. The van der Waals surface area contributed by atoms with E-state index in [1.54, 1.807) is 0 Å². The minimum absolute atomic E-state index is 0.171. The van der Waals surface area contributed by atoms with E-state index in [1.165, 1.54) is 31.8 Å². The van der Waals surface area contributed by atoms with Gasteiger partial charge in [-0.3, -0.25) is 4.98 Å². The van der Waals surface area contributed by atoms with E-state index in [4.69, 9.17) is 4.98 Å². The van der Waals surface area contributed by atoms with E-state index in [9.17, 15) is 0 Å². The minimum atomic E-state index is 0.171. The fourth-order valence-corrected chi connectivity index (χ4v) is 3.87. The Morgan fingerprint density at radius 1 is 1.17 bits per heavy atom. The van der Waals surface area contributed by atoms with Crippen molar-refractivity contribution in [3.05, 3.63) is 27.8 Å². The Hall–Kier alpha value is -0.890. The van der Waals surface area contributed by atoms with Gasteiger partial charge in [-0.2, -0.15) is 0 Å². The third kappa shape index (κ3) is 2.07.